The number of likely N-dealkylation sites (tertiary alicyclic amines) is 1. The Kier molecular flexibility index (Phi) is 5.34. The van der Waals surface area contributed by atoms with Crippen molar-refractivity contribution < 1.29 is 14.3 Å². The van der Waals surface area contributed by atoms with Gasteiger partial charge in [-0.25, -0.2) is 4.68 Å². The molecule has 0 spiro atoms. The van der Waals surface area contributed by atoms with E-state index in [-0.39, 0.29) is 17.9 Å². The molecule has 2 atom stereocenters. The average molecular weight is 444 g/mol. The fraction of sp³-hybridized carbons (Fsp3) is 0.240. The lowest BCUT2D eigenvalue weighted by atomic mass is 9.90. The molecule has 3 N–H and O–H groups in total. The van der Waals surface area contributed by atoms with Crippen molar-refractivity contribution in [3.63, 3.8) is 0 Å². The summed E-state index contributed by atoms with van der Waals surface area (Å²) in [7, 11) is 0. The number of rotatable bonds is 5. The number of ether oxygens (including phenoxy) is 1. The smallest absolute Gasteiger partial charge is 0.254 e. The number of para-hydroxylation sites is 1. The van der Waals surface area contributed by atoms with Crippen LogP contribution in [0.3, 0.4) is 0 Å². The normalized spacial score (nSPS) is 19.1. The van der Waals surface area contributed by atoms with E-state index in [1.54, 1.807) is 4.68 Å². The van der Waals surface area contributed by atoms with Gasteiger partial charge < -0.3 is 20.7 Å². The van der Waals surface area contributed by atoms with Crippen molar-refractivity contribution in [3.05, 3.63) is 72.8 Å². The van der Waals surface area contributed by atoms with Crippen LogP contribution in [0.5, 0.6) is 11.5 Å². The first kappa shape index (κ1) is 20.8. The highest BCUT2D eigenvalue weighted by molar-refractivity contribution is 6.04. The number of hydrogen-bond acceptors (Lipinski definition) is 5. The first-order valence-corrected chi connectivity index (χ1v) is 11.0. The lowest BCUT2D eigenvalue weighted by Crippen LogP contribution is -2.52. The minimum atomic E-state index is -0.527. The predicted octanol–water partition coefficient (Wildman–Crippen LogP) is 3.27. The Balaban J connectivity index is 1.42. The van der Waals surface area contributed by atoms with E-state index in [1.165, 1.54) is 6.08 Å². The van der Waals surface area contributed by atoms with E-state index in [0.29, 0.717) is 42.5 Å². The summed E-state index contributed by atoms with van der Waals surface area (Å²) < 4.78 is 7.66. The number of benzene rings is 2. The molecule has 1 saturated heterocycles. The first-order chi connectivity index (χ1) is 16.0. The molecule has 8 nitrogen and oxygen atoms in total. The fourth-order valence-corrected chi connectivity index (χ4v) is 4.62. The van der Waals surface area contributed by atoms with Gasteiger partial charge in [-0.3, -0.25) is 9.59 Å². The van der Waals surface area contributed by atoms with Crippen LogP contribution in [0.1, 0.15) is 16.8 Å². The standard InChI is InChI=1S/C25H25N5O3/c1-2-21(31)29-13-12-20-17(14-29)15-30-25(27-20)22(24(26)32)23(28-30)16-8-10-19(11-9-16)33-18-6-4-3-5-7-18/h2-11,17,20,27H,1,12-15H2,(H2,26,32)/t17?,20-/m1/s1. The van der Waals surface area contributed by atoms with Crippen molar-refractivity contribution in [2.45, 2.75) is 19.0 Å². The summed E-state index contributed by atoms with van der Waals surface area (Å²) in [6.45, 7) is 5.46. The Bertz CT molecular complexity index is 1200. The fourth-order valence-electron chi connectivity index (χ4n) is 4.62. The first-order valence-electron chi connectivity index (χ1n) is 11.0. The second kappa shape index (κ2) is 8.46. The van der Waals surface area contributed by atoms with Crippen LogP contribution in [-0.2, 0) is 11.3 Å². The summed E-state index contributed by atoms with van der Waals surface area (Å²) >= 11 is 0. The van der Waals surface area contributed by atoms with Crippen molar-refractivity contribution in [2.24, 2.45) is 11.7 Å². The third-order valence-corrected chi connectivity index (χ3v) is 6.26. The van der Waals surface area contributed by atoms with Gasteiger partial charge in [0.25, 0.3) is 5.91 Å². The second-order valence-corrected chi connectivity index (χ2v) is 8.35. The van der Waals surface area contributed by atoms with Crippen LogP contribution in [-0.4, -0.2) is 45.6 Å². The average Bonchev–Trinajstić information content (AvgIpc) is 3.21. The van der Waals surface area contributed by atoms with Gasteiger partial charge in [-0.1, -0.05) is 24.8 Å². The number of fused-ring (bicyclic) bond motifs is 2. The Morgan fingerprint density at radius 3 is 2.52 bits per heavy atom. The Hall–Kier alpha value is -4.07. The molecule has 2 aromatic carbocycles. The number of amides is 2. The van der Waals surface area contributed by atoms with Crippen LogP contribution in [0, 0.1) is 5.92 Å². The van der Waals surface area contributed by atoms with Gasteiger partial charge in [0.1, 0.15) is 28.6 Å². The number of nitrogens with two attached hydrogens (primary N) is 1. The summed E-state index contributed by atoms with van der Waals surface area (Å²) in [5, 5.41) is 8.20. The van der Waals surface area contributed by atoms with E-state index in [0.717, 1.165) is 17.7 Å². The number of nitrogens with zero attached hydrogens (tertiary/aromatic N) is 3. The third-order valence-electron chi connectivity index (χ3n) is 6.26. The Morgan fingerprint density at radius 2 is 1.82 bits per heavy atom. The van der Waals surface area contributed by atoms with Gasteiger partial charge >= 0.3 is 0 Å². The summed E-state index contributed by atoms with van der Waals surface area (Å²) in [5.41, 5.74) is 7.48. The number of primary amides is 1. The molecule has 33 heavy (non-hydrogen) atoms. The SMILES string of the molecule is C=CC(=O)N1CC[C@H]2Nc3c(C(N)=O)c(-c4ccc(Oc5ccccc5)cc4)nn3CC2C1. The molecule has 168 valence electrons. The maximum atomic E-state index is 12.4. The van der Waals surface area contributed by atoms with Gasteiger partial charge in [0.2, 0.25) is 5.91 Å². The highest BCUT2D eigenvalue weighted by atomic mass is 16.5. The molecule has 2 amide bonds. The molecule has 0 bridgehead atoms. The van der Waals surface area contributed by atoms with E-state index in [1.807, 2.05) is 59.5 Å². The largest absolute Gasteiger partial charge is 0.457 e. The minimum absolute atomic E-state index is 0.0592. The summed E-state index contributed by atoms with van der Waals surface area (Å²) in [4.78, 5) is 26.3. The highest BCUT2D eigenvalue weighted by Crippen LogP contribution is 2.36. The van der Waals surface area contributed by atoms with Gasteiger partial charge in [-0.2, -0.15) is 5.10 Å². The highest BCUT2D eigenvalue weighted by Gasteiger charge is 2.37. The number of nitrogens with one attached hydrogen (secondary N) is 1. The van der Waals surface area contributed by atoms with E-state index >= 15 is 0 Å². The van der Waals surface area contributed by atoms with Crippen molar-refractivity contribution in [1.82, 2.24) is 14.7 Å². The van der Waals surface area contributed by atoms with Crippen molar-refractivity contribution in [3.8, 4) is 22.8 Å². The van der Waals surface area contributed by atoms with Gasteiger partial charge in [0, 0.05) is 37.2 Å². The molecule has 5 rings (SSSR count). The molecule has 3 aromatic rings. The zero-order valence-corrected chi connectivity index (χ0v) is 18.1. The molecular formula is C25H25N5O3. The van der Waals surface area contributed by atoms with Crippen LogP contribution in [0.2, 0.25) is 0 Å². The van der Waals surface area contributed by atoms with E-state index in [9.17, 15) is 9.59 Å². The molecule has 1 fully saturated rings. The van der Waals surface area contributed by atoms with E-state index < -0.39 is 5.91 Å². The molecule has 8 heteroatoms. The van der Waals surface area contributed by atoms with Gasteiger partial charge in [0.15, 0.2) is 0 Å². The van der Waals surface area contributed by atoms with E-state index in [4.69, 9.17) is 15.6 Å². The number of carbonyl (C=O) groups is 2. The maximum absolute atomic E-state index is 12.4. The van der Waals surface area contributed by atoms with Crippen molar-refractivity contribution in [1.29, 1.82) is 0 Å². The summed E-state index contributed by atoms with van der Waals surface area (Å²) in [6.07, 6.45) is 2.14. The van der Waals surface area contributed by atoms with Crippen LogP contribution in [0.15, 0.2) is 67.3 Å². The molecule has 1 aromatic heterocycles. The van der Waals surface area contributed by atoms with Gasteiger partial charge in [-0.15, -0.1) is 0 Å². The minimum Gasteiger partial charge on any atom is -0.457 e. The van der Waals surface area contributed by atoms with Gasteiger partial charge in [0.05, 0.1) is 0 Å². The molecule has 0 radical (unpaired) electrons. The van der Waals surface area contributed by atoms with Crippen molar-refractivity contribution in [2.75, 3.05) is 18.4 Å². The van der Waals surface area contributed by atoms with Crippen LogP contribution in [0.25, 0.3) is 11.3 Å². The third kappa shape index (κ3) is 3.95. The molecule has 1 unspecified atom stereocenters. The molecule has 0 aliphatic carbocycles. The van der Waals surface area contributed by atoms with Crippen LogP contribution >= 0.6 is 0 Å². The number of aromatic nitrogens is 2. The monoisotopic (exact) mass is 443 g/mol. The molecule has 2 aliphatic rings. The summed E-state index contributed by atoms with van der Waals surface area (Å²) in [6, 6.07) is 17.1. The number of piperidine rings is 1. The lowest BCUT2D eigenvalue weighted by Gasteiger charge is -2.41. The quantitative estimate of drug-likeness (QED) is 0.589. The molecule has 0 saturated carbocycles. The van der Waals surface area contributed by atoms with E-state index in [2.05, 4.69) is 11.9 Å². The predicted molar refractivity (Wildman–Crippen MR) is 125 cm³/mol. The molecule has 2 aliphatic heterocycles. The zero-order valence-electron chi connectivity index (χ0n) is 18.1. The second-order valence-electron chi connectivity index (χ2n) is 8.35. The summed E-state index contributed by atoms with van der Waals surface area (Å²) in [5.74, 6) is 1.68. The Labute approximate surface area is 191 Å². The van der Waals surface area contributed by atoms with Crippen molar-refractivity contribution >= 4 is 17.6 Å². The van der Waals surface area contributed by atoms with Crippen LogP contribution in [0.4, 0.5) is 5.82 Å². The number of hydrogen-bond donors (Lipinski definition) is 2. The molecule has 3 heterocycles. The topological polar surface area (TPSA) is 102 Å². The number of anilines is 1. The maximum Gasteiger partial charge on any atom is 0.254 e. The zero-order chi connectivity index (χ0) is 22.9. The van der Waals surface area contributed by atoms with Gasteiger partial charge in [-0.05, 0) is 48.9 Å². The van der Waals surface area contributed by atoms with Crippen LogP contribution < -0.4 is 15.8 Å². The number of carbonyl (C=O) groups excluding carboxylic acids is 2. The lowest BCUT2D eigenvalue weighted by molar-refractivity contribution is -0.128. The molecular weight excluding hydrogens is 418 g/mol. The Morgan fingerprint density at radius 1 is 1.09 bits per heavy atom.